The third-order valence-electron chi connectivity index (χ3n) is 6.90. The van der Waals surface area contributed by atoms with E-state index in [1.165, 1.54) is 16.2 Å². The van der Waals surface area contributed by atoms with Gasteiger partial charge in [0.2, 0.25) is 0 Å². The van der Waals surface area contributed by atoms with Gasteiger partial charge in [-0.25, -0.2) is 4.98 Å². The molecule has 0 bridgehead atoms. The second-order valence-corrected chi connectivity index (χ2v) is 11.5. The van der Waals surface area contributed by atoms with Crippen molar-refractivity contribution < 1.29 is 19.4 Å². The minimum Gasteiger partial charge on any atom is -0.507 e. The molecule has 1 aromatic heterocycles. The van der Waals surface area contributed by atoms with Gasteiger partial charge in [-0.15, -0.1) is 0 Å². The molecule has 0 spiro atoms. The first kappa shape index (κ1) is 24.9. The van der Waals surface area contributed by atoms with Gasteiger partial charge in [-0.05, 0) is 79.4 Å². The van der Waals surface area contributed by atoms with Gasteiger partial charge in [0.05, 0.1) is 31.9 Å². The smallest absolute Gasteiger partial charge is 0.301 e. The lowest BCUT2D eigenvalue weighted by Gasteiger charge is -2.23. The Morgan fingerprint density at radius 3 is 2.63 bits per heavy atom. The van der Waals surface area contributed by atoms with Gasteiger partial charge in [-0.1, -0.05) is 46.7 Å². The van der Waals surface area contributed by atoms with Crippen LogP contribution in [0.25, 0.3) is 16.0 Å². The summed E-state index contributed by atoms with van der Waals surface area (Å²) < 4.78 is 6.68. The monoisotopic (exact) mass is 564 g/mol. The van der Waals surface area contributed by atoms with Crippen molar-refractivity contribution in [1.82, 2.24) is 4.98 Å². The zero-order chi connectivity index (χ0) is 26.9. The molecule has 6 nitrogen and oxygen atoms in total. The second-order valence-electron chi connectivity index (χ2n) is 9.72. The fraction of sp³-hybridized carbons (Fsp3) is 0.207. The Kier molecular flexibility index (Phi) is 5.98. The molecule has 4 aromatic rings. The van der Waals surface area contributed by atoms with Crippen molar-refractivity contribution in [3.8, 4) is 5.75 Å². The third-order valence-corrected chi connectivity index (χ3v) is 8.64. The summed E-state index contributed by atoms with van der Waals surface area (Å²) in [5.41, 5.74) is 4.66. The highest BCUT2D eigenvalue weighted by Crippen LogP contribution is 2.46. The Bertz CT molecular complexity index is 1710. The molecule has 6 rings (SSSR count). The highest BCUT2D eigenvalue weighted by Gasteiger charge is 2.48. The normalized spacial score (nSPS) is 20.3. The molecule has 0 radical (unpaired) electrons. The van der Waals surface area contributed by atoms with E-state index in [-0.39, 0.29) is 22.5 Å². The number of rotatable bonds is 3. The highest BCUT2D eigenvalue weighted by molar-refractivity contribution is 7.22. The predicted molar refractivity (Wildman–Crippen MR) is 151 cm³/mol. The largest absolute Gasteiger partial charge is 0.507 e. The number of aromatic nitrogens is 1. The second kappa shape index (κ2) is 9.12. The van der Waals surface area contributed by atoms with Crippen LogP contribution in [-0.4, -0.2) is 27.9 Å². The van der Waals surface area contributed by atoms with Crippen LogP contribution in [0.5, 0.6) is 5.75 Å². The lowest BCUT2D eigenvalue weighted by Crippen LogP contribution is -2.29. The fourth-order valence-electron chi connectivity index (χ4n) is 5.21. The molecule has 38 heavy (non-hydrogen) atoms. The molecular weight excluding hydrogens is 543 g/mol. The number of halogens is 2. The minimum absolute atomic E-state index is 0.0234. The molecule has 1 fully saturated rings. The lowest BCUT2D eigenvalue weighted by atomic mass is 9.94. The zero-order valence-electron chi connectivity index (χ0n) is 20.7. The summed E-state index contributed by atoms with van der Waals surface area (Å²) in [6.07, 6.45) is 0.709. The Morgan fingerprint density at radius 1 is 1.08 bits per heavy atom. The Labute approximate surface area is 233 Å². The van der Waals surface area contributed by atoms with E-state index in [0.29, 0.717) is 27.7 Å². The van der Waals surface area contributed by atoms with Crippen LogP contribution in [0.15, 0.2) is 54.1 Å². The van der Waals surface area contributed by atoms with Crippen LogP contribution < -0.4 is 9.64 Å². The number of aliphatic hydroxyl groups is 1. The zero-order valence-corrected chi connectivity index (χ0v) is 23.0. The molecule has 1 amide bonds. The van der Waals surface area contributed by atoms with Gasteiger partial charge in [0, 0.05) is 12.0 Å². The Balaban J connectivity index is 1.56. The molecule has 1 saturated heterocycles. The van der Waals surface area contributed by atoms with Gasteiger partial charge in [-0.3, -0.25) is 14.5 Å². The van der Waals surface area contributed by atoms with E-state index < -0.39 is 17.7 Å². The molecule has 0 aliphatic carbocycles. The molecule has 2 aliphatic heterocycles. The molecule has 1 N–H and O–H groups in total. The molecule has 3 aromatic carbocycles. The lowest BCUT2D eigenvalue weighted by molar-refractivity contribution is -0.132. The summed E-state index contributed by atoms with van der Waals surface area (Å²) in [7, 11) is 0. The van der Waals surface area contributed by atoms with Crippen LogP contribution in [-0.2, 0) is 16.0 Å². The molecule has 2 aliphatic rings. The molecule has 2 atom stereocenters. The molecule has 9 heteroatoms. The van der Waals surface area contributed by atoms with Crippen molar-refractivity contribution in [2.75, 3.05) is 4.90 Å². The van der Waals surface area contributed by atoms with Crippen molar-refractivity contribution >= 4 is 67.3 Å². The summed E-state index contributed by atoms with van der Waals surface area (Å²) in [5, 5.41) is 12.5. The molecule has 0 saturated carbocycles. The van der Waals surface area contributed by atoms with E-state index in [0.717, 1.165) is 32.7 Å². The average Bonchev–Trinajstić information content (AvgIpc) is 3.53. The van der Waals surface area contributed by atoms with Gasteiger partial charge in [0.25, 0.3) is 5.78 Å². The van der Waals surface area contributed by atoms with Gasteiger partial charge >= 0.3 is 5.91 Å². The summed E-state index contributed by atoms with van der Waals surface area (Å²) in [6.45, 7) is 5.93. The van der Waals surface area contributed by atoms with Crippen molar-refractivity contribution in [2.45, 2.75) is 39.3 Å². The first-order valence-corrected chi connectivity index (χ1v) is 13.6. The number of aliphatic hydroxyl groups excluding tert-OH is 1. The standard InChI is InChI=1S/C29H22Cl2N2O4S/c1-13-8-14(2)24-22(9-13)38-29(32-24)33-25(16-4-6-19(30)20(31)12-16)23(27(35)28(33)36)26(34)17-5-7-21-18(11-17)10-15(3)37-21/h4-9,11-12,15,25,34H,10H2,1-3H3/t15-,25-/m1/s1. The van der Waals surface area contributed by atoms with E-state index in [4.69, 9.17) is 32.9 Å². The third kappa shape index (κ3) is 3.97. The number of Topliss-reactive ketones (excluding diaryl/α,β-unsaturated/α-hetero) is 1. The maximum atomic E-state index is 13.6. The average molecular weight is 565 g/mol. The topological polar surface area (TPSA) is 79.7 Å². The highest BCUT2D eigenvalue weighted by atomic mass is 35.5. The van der Waals surface area contributed by atoms with Crippen LogP contribution >= 0.6 is 34.5 Å². The summed E-state index contributed by atoms with van der Waals surface area (Å²) in [5.74, 6) is -1.09. The van der Waals surface area contributed by atoms with Crippen LogP contribution in [0.2, 0.25) is 10.0 Å². The van der Waals surface area contributed by atoms with Crippen molar-refractivity contribution in [3.63, 3.8) is 0 Å². The first-order chi connectivity index (χ1) is 18.1. The number of hydrogen-bond acceptors (Lipinski definition) is 6. The van der Waals surface area contributed by atoms with Crippen LogP contribution in [0.4, 0.5) is 5.13 Å². The molecule has 192 valence electrons. The van der Waals surface area contributed by atoms with Gasteiger partial charge < -0.3 is 9.84 Å². The van der Waals surface area contributed by atoms with Gasteiger partial charge in [-0.2, -0.15) is 0 Å². The quantitative estimate of drug-likeness (QED) is 0.162. The maximum absolute atomic E-state index is 13.6. The summed E-state index contributed by atoms with van der Waals surface area (Å²) >= 11 is 13.9. The van der Waals surface area contributed by atoms with Crippen LogP contribution in [0.3, 0.4) is 0 Å². The number of hydrogen-bond donors (Lipinski definition) is 1. The summed E-state index contributed by atoms with van der Waals surface area (Å²) in [4.78, 5) is 33.2. The van der Waals surface area contributed by atoms with Crippen LogP contribution in [0.1, 0.15) is 40.8 Å². The van der Waals surface area contributed by atoms with Crippen molar-refractivity contribution in [2.24, 2.45) is 0 Å². The SMILES string of the molecule is Cc1cc(C)c2nc(N3C(=O)C(=O)C(=C(O)c4ccc5c(c4)C[C@@H](C)O5)[C@H]3c3ccc(Cl)c(Cl)c3)sc2c1. The number of aryl methyl sites for hydroxylation is 2. The number of benzene rings is 3. The molecule has 0 unspecified atom stereocenters. The fourth-order valence-corrected chi connectivity index (χ4v) is 6.69. The van der Waals surface area contributed by atoms with Gasteiger partial charge in [0.1, 0.15) is 17.6 Å². The number of amides is 1. The van der Waals surface area contributed by atoms with E-state index in [1.807, 2.05) is 32.9 Å². The predicted octanol–water partition coefficient (Wildman–Crippen LogP) is 7.17. The van der Waals surface area contributed by atoms with E-state index in [1.54, 1.807) is 36.4 Å². The number of fused-ring (bicyclic) bond motifs is 2. The van der Waals surface area contributed by atoms with E-state index >= 15 is 0 Å². The first-order valence-electron chi connectivity index (χ1n) is 12.1. The van der Waals surface area contributed by atoms with Crippen molar-refractivity contribution in [1.29, 1.82) is 0 Å². The maximum Gasteiger partial charge on any atom is 0.301 e. The Morgan fingerprint density at radius 2 is 1.87 bits per heavy atom. The number of anilines is 1. The van der Waals surface area contributed by atoms with Crippen molar-refractivity contribution in [3.05, 3.63) is 92.0 Å². The number of carbonyl (C=O) groups excluding carboxylic acids is 2. The Hall–Kier alpha value is -3.39. The van der Waals surface area contributed by atoms with Crippen LogP contribution in [0, 0.1) is 13.8 Å². The molecular formula is C29H22Cl2N2O4S. The number of ether oxygens (including phenoxy) is 1. The number of ketones is 1. The number of nitrogens with zero attached hydrogens (tertiary/aromatic N) is 2. The van der Waals surface area contributed by atoms with Gasteiger partial charge in [0.15, 0.2) is 5.13 Å². The number of carbonyl (C=O) groups is 2. The summed E-state index contributed by atoms with van der Waals surface area (Å²) in [6, 6.07) is 13.3. The van der Waals surface area contributed by atoms with E-state index in [2.05, 4.69) is 0 Å². The number of thiazole rings is 1. The minimum atomic E-state index is -0.949. The van der Waals surface area contributed by atoms with E-state index in [9.17, 15) is 14.7 Å². The molecule has 3 heterocycles.